The van der Waals surface area contributed by atoms with Crippen molar-refractivity contribution in [2.24, 2.45) is 0 Å². The molecule has 0 bridgehead atoms. The van der Waals surface area contributed by atoms with E-state index < -0.39 is 0 Å². The number of carbonyl (C=O) groups is 1. The summed E-state index contributed by atoms with van der Waals surface area (Å²) in [5.41, 5.74) is 1.64. The van der Waals surface area contributed by atoms with Crippen molar-refractivity contribution in [3.8, 4) is 0 Å². The third-order valence-electron chi connectivity index (χ3n) is 6.52. The molecule has 0 saturated carbocycles. The average Bonchev–Trinajstić information content (AvgIpc) is 3.45. The van der Waals surface area contributed by atoms with Crippen molar-refractivity contribution in [3.63, 3.8) is 0 Å². The maximum atomic E-state index is 13.2. The molecular formula is C21H26N6OS2. The van der Waals surface area contributed by atoms with Gasteiger partial charge in [0.2, 0.25) is 0 Å². The van der Waals surface area contributed by atoms with Gasteiger partial charge in [0.25, 0.3) is 5.91 Å². The lowest BCUT2D eigenvalue weighted by atomic mass is 9.87. The van der Waals surface area contributed by atoms with Crippen LogP contribution >= 0.6 is 22.9 Å². The van der Waals surface area contributed by atoms with Crippen LogP contribution in [0.5, 0.6) is 0 Å². The van der Waals surface area contributed by atoms with Gasteiger partial charge in [-0.05, 0) is 61.0 Å². The van der Waals surface area contributed by atoms with Crippen molar-refractivity contribution in [1.29, 1.82) is 0 Å². The average molecular weight is 443 g/mol. The molecule has 0 radical (unpaired) electrons. The molecule has 3 aromatic rings. The fourth-order valence-corrected chi connectivity index (χ4v) is 6.49. The number of fused-ring (bicyclic) bond motifs is 1. The number of nitrogens with zero attached hydrogens (tertiary/aromatic N) is 6. The zero-order chi connectivity index (χ0) is 20.7. The summed E-state index contributed by atoms with van der Waals surface area (Å²) in [6.07, 6.45) is 7.05. The molecule has 1 atom stereocenters. The molecule has 2 aliphatic heterocycles. The van der Waals surface area contributed by atoms with Gasteiger partial charge in [-0.2, -0.15) is 0 Å². The van der Waals surface area contributed by atoms with Crippen LogP contribution in [0, 0.1) is 0 Å². The Bertz CT molecular complexity index is 1060. The number of thiophene rings is 1. The molecular weight excluding hydrogens is 416 g/mol. The van der Waals surface area contributed by atoms with E-state index in [4.69, 9.17) is 4.98 Å². The number of amides is 1. The van der Waals surface area contributed by atoms with Crippen LogP contribution in [0.25, 0.3) is 10.2 Å². The van der Waals surface area contributed by atoms with Gasteiger partial charge in [0.05, 0.1) is 15.1 Å². The smallest absolute Gasteiger partial charge is 0.275 e. The fraction of sp³-hybridized carbons (Fsp3) is 0.571. The summed E-state index contributed by atoms with van der Waals surface area (Å²) < 4.78 is 5.22. The Hall–Kier alpha value is -2.13. The van der Waals surface area contributed by atoms with Gasteiger partial charge >= 0.3 is 0 Å². The monoisotopic (exact) mass is 442 g/mol. The Balaban J connectivity index is 1.40. The highest BCUT2D eigenvalue weighted by molar-refractivity contribution is 7.17. The van der Waals surface area contributed by atoms with Gasteiger partial charge < -0.3 is 9.80 Å². The lowest BCUT2D eigenvalue weighted by Gasteiger charge is -2.39. The van der Waals surface area contributed by atoms with E-state index >= 15 is 0 Å². The molecule has 2 saturated heterocycles. The van der Waals surface area contributed by atoms with E-state index in [1.54, 1.807) is 17.7 Å². The highest BCUT2D eigenvalue weighted by Gasteiger charge is 2.44. The van der Waals surface area contributed by atoms with Crippen molar-refractivity contribution in [2.75, 3.05) is 24.5 Å². The summed E-state index contributed by atoms with van der Waals surface area (Å²) in [7, 11) is 0. The van der Waals surface area contributed by atoms with Crippen LogP contribution in [0.2, 0.25) is 0 Å². The minimum absolute atomic E-state index is 0.0386. The lowest BCUT2D eigenvalue weighted by Crippen LogP contribution is -2.45. The molecule has 0 aliphatic carbocycles. The molecule has 0 N–H and O–H groups in total. The molecule has 3 aromatic heterocycles. The first kappa shape index (κ1) is 19.8. The Morgan fingerprint density at radius 1 is 1.13 bits per heavy atom. The molecule has 1 spiro atoms. The molecule has 158 valence electrons. The Labute approximate surface area is 184 Å². The minimum Gasteiger partial charge on any atom is -0.350 e. The molecule has 30 heavy (non-hydrogen) atoms. The van der Waals surface area contributed by atoms with E-state index in [-0.39, 0.29) is 17.4 Å². The molecule has 1 unspecified atom stereocenters. The Kier molecular flexibility index (Phi) is 5.18. The van der Waals surface area contributed by atoms with Gasteiger partial charge in [0.15, 0.2) is 5.69 Å². The van der Waals surface area contributed by atoms with E-state index in [1.807, 2.05) is 4.90 Å². The van der Waals surface area contributed by atoms with E-state index in [0.29, 0.717) is 5.69 Å². The highest BCUT2D eigenvalue weighted by Crippen LogP contribution is 2.43. The van der Waals surface area contributed by atoms with Crippen LogP contribution < -0.4 is 4.90 Å². The zero-order valence-electron chi connectivity index (χ0n) is 17.4. The molecule has 9 heteroatoms. The van der Waals surface area contributed by atoms with Crippen molar-refractivity contribution < 1.29 is 4.79 Å². The normalized spacial score (nSPS) is 22.4. The van der Waals surface area contributed by atoms with Crippen LogP contribution in [0.3, 0.4) is 0 Å². The summed E-state index contributed by atoms with van der Waals surface area (Å²) >= 11 is 3.06. The second-order valence-electron chi connectivity index (χ2n) is 8.60. The van der Waals surface area contributed by atoms with Crippen LogP contribution in [0.15, 0.2) is 17.8 Å². The van der Waals surface area contributed by atoms with E-state index in [1.165, 1.54) is 22.7 Å². The van der Waals surface area contributed by atoms with Gasteiger partial charge in [-0.25, -0.2) is 9.97 Å². The van der Waals surface area contributed by atoms with Crippen molar-refractivity contribution in [1.82, 2.24) is 24.5 Å². The van der Waals surface area contributed by atoms with Gasteiger partial charge in [-0.15, -0.1) is 16.4 Å². The number of aromatic nitrogens is 4. The van der Waals surface area contributed by atoms with Crippen LogP contribution in [0.4, 0.5) is 5.82 Å². The summed E-state index contributed by atoms with van der Waals surface area (Å²) in [5.74, 6) is 1.37. The predicted octanol–water partition coefficient (Wildman–Crippen LogP) is 4.33. The third-order valence-corrected chi connectivity index (χ3v) is 8.45. The fourth-order valence-electron chi connectivity index (χ4n) is 5.01. The first-order chi connectivity index (χ1) is 14.6. The summed E-state index contributed by atoms with van der Waals surface area (Å²) in [4.78, 5) is 27.8. The minimum atomic E-state index is 0.0386. The highest BCUT2D eigenvalue weighted by atomic mass is 32.1. The van der Waals surface area contributed by atoms with Gasteiger partial charge in [0, 0.05) is 25.2 Å². The first-order valence-corrected chi connectivity index (χ1v) is 12.3. The SMILES string of the molecule is CC(C)c1snnc1C(=O)N1CCCC2(CCCN2c2ncnc3ccsc23)CC1. The first-order valence-electron chi connectivity index (χ1n) is 10.7. The number of carbonyl (C=O) groups excluding carboxylic acids is 1. The van der Waals surface area contributed by atoms with Crippen molar-refractivity contribution in [2.45, 2.75) is 57.4 Å². The number of anilines is 1. The Morgan fingerprint density at radius 3 is 2.80 bits per heavy atom. The summed E-state index contributed by atoms with van der Waals surface area (Å²) in [6.45, 7) is 6.73. The van der Waals surface area contributed by atoms with Crippen molar-refractivity contribution in [3.05, 3.63) is 28.3 Å². The molecule has 2 aliphatic rings. The molecule has 1 amide bonds. The van der Waals surface area contributed by atoms with Crippen LogP contribution in [-0.4, -0.2) is 55.5 Å². The maximum Gasteiger partial charge on any atom is 0.275 e. The number of likely N-dealkylation sites (tertiary alicyclic amines) is 1. The van der Waals surface area contributed by atoms with Crippen LogP contribution in [0.1, 0.15) is 67.2 Å². The zero-order valence-corrected chi connectivity index (χ0v) is 19.0. The topological polar surface area (TPSA) is 75.1 Å². The Morgan fingerprint density at radius 2 is 1.97 bits per heavy atom. The van der Waals surface area contributed by atoms with E-state index in [0.717, 1.165) is 61.5 Å². The molecule has 2 fully saturated rings. The summed E-state index contributed by atoms with van der Waals surface area (Å²) in [5, 5.41) is 6.26. The maximum absolute atomic E-state index is 13.2. The third kappa shape index (κ3) is 3.28. The number of hydrogen-bond donors (Lipinski definition) is 0. The quantitative estimate of drug-likeness (QED) is 0.601. The second kappa shape index (κ2) is 7.85. The van der Waals surface area contributed by atoms with Gasteiger partial charge in [0.1, 0.15) is 12.1 Å². The lowest BCUT2D eigenvalue weighted by molar-refractivity contribution is 0.0752. The standard InChI is InChI=1S/C21H26N6OS2/c1-14(2)17-16(24-25-30-17)20(28)26-9-3-6-21(8-11-26)7-4-10-27(21)19-18-15(5-12-29-18)22-13-23-19/h5,12-14H,3-4,6-11H2,1-2H3. The largest absolute Gasteiger partial charge is 0.350 e. The predicted molar refractivity (Wildman–Crippen MR) is 120 cm³/mol. The molecule has 0 aromatic carbocycles. The van der Waals surface area contributed by atoms with Crippen LogP contribution in [-0.2, 0) is 0 Å². The second-order valence-corrected chi connectivity index (χ2v) is 10.3. The number of rotatable bonds is 3. The van der Waals surface area contributed by atoms with Gasteiger partial charge in [-0.3, -0.25) is 4.79 Å². The van der Waals surface area contributed by atoms with E-state index in [9.17, 15) is 4.79 Å². The van der Waals surface area contributed by atoms with Crippen molar-refractivity contribution >= 4 is 44.8 Å². The van der Waals surface area contributed by atoms with Gasteiger partial charge in [-0.1, -0.05) is 18.3 Å². The van der Waals surface area contributed by atoms with E-state index in [2.05, 4.69) is 44.8 Å². The molecule has 5 rings (SSSR count). The number of hydrogen-bond acceptors (Lipinski definition) is 8. The summed E-state index contributed by atoms with van der Waals surface area (Å²) in [6, 6.07) is 2.07. The molecule has 7 nitrogen and oxygen atoms in total. The molecule has 5 heterocycles.